The van der Waals surface area contributed by atoms with Gasteiger partial charge in [0.15, 0.2) is 0 Å². The van der Waals surface area contributed by atoms with Crippen LogP contribution in [-0.2, 0) is 0 Å². The Kier molecular flexibility index (Phi) is 1.76. The quantitative estimate of drug-likeness (QED) is 0.522. The first-order valence-corrected chi connectivity index (χ1v) is 4.06. The SMILES string of the molecule is CCC1=CC=C[SH]1O. The zero-order chi connectivity index (χ0) is 5.98. The molecule has 1 unspecified atom stereocenters. The lowest BCUT2D eigenvalue weighted by atomic mass is 10.4. The summed E-state index contributed by atoms with van der Waals surface area (Å²) in [5, 5.41) is 1.86. The molecule has 8 heavy (non-hydrogen) atoms. The Morgan fingerprint density at radius 1 is 1.75 bits per heavy atom. The van der Waals surface area contributed by atoms with Gasteiger partial charge in [0, 0.05) is 0 Å². The highest BCUT2D eigenvalue weighted by atomic mass is 32.2. The molecule has 0 aromatic carbocycles. The van der Waals surface area contributed by atoms with E-state index in [0.717, 1.165) is 6.42 Å². The molecule has 0 aromatic rings. The van der Waals surface area contributed by atoms with Gasteiger partial charge in [-0.2, -0.15) is 0 Å². The number of allylic oxidation sites excluding steroid dienone is 3. The second-order valence-electron chi connectivity index (χ2n) is 1.70. The maximum Gasteiger partial charge on any atom is -0.00913 e. The van der Waals surface area contributed by atoms with Crippen LogP contribution in [0.2, 0.25) is 0 Å². The fourth-order valence-corrected chi connectivity index (χ4v) is 1.69. The van der Waals surface area contributed by atoms with E-state index >= 15 is 0 Å². The molecule has 1 atom stereocenters. The lowest BCUT2D eigenvalue weighted by Crippen LogP contribution is -1.73. The molecule has 0 bridgehead atoms. The molecule has 1 heterocycles. The molecule has 1 aliphatic rings. The van der Waals surface area contributed by atoms with Crippen molar-refractivity contribution in [2.24, 2.45) is 0 Å². The Balaban J connectivity index is 2.59. The molecule has 0 spiro atoms. The van der Waals surface area contributed by atoms with Gasteiger partial charge in [-0.25, -0.2) is 0 Å². The van der Waals surface area contributed by atoms with E-state index in [1.807, 2.05) is 17.6 Å². The Bertz CT molecular complexity index is 137. The van der Waals surface area contributed by atoms with Gasteiger partial charge in [0.25, 0.3) is 0 Å². The molecule has 1 nitrogen and oxygen atoms in total. The molecular weight excluding hydrogens is 120 g/mol. The first kappa shape index (κ1) is 5.92. The normalized spacial score (nSPS) is 30.8. The lowest BCUT2D eigenvalue weighted by Gasteiger charge is -2.06. The van der Waals surface area contributed by atoms with Crippen molar-refractivity contribution in [1.29, 1.82) is 0 Å². The molecule has 46 valence electrons. The van der Waals surface area contributed by atoms with Crippen molar-refractivity contribution in [1.82, 2.24) is 0 Å². The smallest absolute Gasteiger partial charge is 0.00913 e. The third kappa shape index (κ3) is 0.956. The fourth-order valence-electron chi connectivity index (χ4n) is 0.688. The van der Waals surface area contributed by atoms with Crippen LogP contribution in [0.15, 0.2) is 22.5 Å². The fraction of sp³-hybridized carbons (Fsp3) is 0.333. The maximum absolute atomic E-state index is 9.10. The van der Waals surface area contributed by atoms with Gasteiger partial charge in [-0.15, -0.1) is 11.2 Å². The summed E-state index contributed by atoms with van der Waals surface area (Å²) in [6.07, 6.45) is 4.89. The Morgan fingerprint density at radius 3 is 2.75 bits per heavy atom. The highest BCUT2D eigenvalue weighted by Crippen LogP contribution is 2.38. The highest BCUT2D eigenvalue weighted by molar-refractivity contribution is 8.18. The molecule has 0 saturated heterocycles. The van der Waals surface area contributed by atoms with Crippen molar-refractivity contribution < 1.29 is 4.55 Å². The van der Waals surface area contributed by atoms with E-state index in [2.05, 4.69) is 6.92 Å². The van der Waals surface area contributed by atoms with Crippen LogP contribution in [0.4, 0.5) is 0 Å². The summed E-state index contributed by atoms with van der Waals surface area (Å²) in [6, 6.07) is 0. The minimum Gasteiger partial charge on any atom is -0.346 e. The largest absolute Gasteiger partial charge is 0.346 e. The third-order valence-electron chi connectivity index (χ3n) is 1.17. The first-order chi connectivity index (χ1) is 3.84. The van der Waals surface area contributed by atoms with E-state index in [-0.39, 0.29) is 0 Å². The Hall–Kier alpha value is -0.210. The molecule has 1 rings (SSSR count). The average molecular weight is 130 g/mol. The zero-order valence-electron chi connectivity index (χ0n) is 4.83. The molecule has 0 radical (unpaired) electrons. The van der Waals surface area contributed by atoms with Gasteiger partial charge in [0.05, 0.1) is 0 Å². The summed E-state index contributed by atoms with van der Waals surface area (Å²) in [5.74, 6) is 0. The summed E-state index contributed by atoms with van der Waals surface area (Å²) in [5.41, 5.74) is 0. The monoisotopic (exact) mass is 130 g/mol. The Morgan fingerprint density at radius 2 is 2.50 bits per heavy atom. The third-order valence-corrected chi connectivity index (χ3v) is 2.68. The Labute approximate surface area is 52.3 Å². The molecule has 0 aromatic heterocycles. The number of hydrogen-bond donors (Lipinski definition) is 2. The first-order valence-electron chi connectivity index (χ1n) is 2.70. The van der Waals surface area contributed by atoms with Crippen LogP contribution < -0.4 is 0 Å². The van der Waals surface area contributed by atoms with E-state index in [4.69, 9.17) is 4.55 Å². The standard InChI is InChI=1S/C6H10OS/c1-2-6-4-3-5-8(6)7/h3-5,7-8H,2H2,1H3. The van der Waals surface area contributed by atoms with Crippen molar-refractivity contribution in [3.05, 3.63) is 22.5 Å². The van der Waals surface area contributed by atoms with Crippen molar-refractivity contribution in [2.45, 2.75) is 13.3 Å². The van der Waals surface area contributed by atoms with E-state index in [1.165, 1.54) is 4.91 Å². The number of hydrogen-bond acceptors (Lipinski definition) is 1. The topological polar surface area (TPSA) is 20.2 Å². The van der Waals surface area contributed by atoms with Crippen molar-refractivity contribution >= 4 is 11.2 Å². The van der Waals surface area contributed by atoms with Crippen molar-refractivity contribution in [3.8, 4) is 0 Å². The molecule has 2 heteroatoms. The van der Waals surface area contributed by atoms with Gasteiger partial charge in [-0.1, -0.05) is 19.1 Å². The zero-order valence-corrected chi connectivity index (χ0v) is 5.73. The molecule has 0 aliphatic carbocycles. The van der Waals surface area contributed by atoms with Crippen LogP contribution in [0.1, 0.15) is 13.3 Å². The predicted molar refractivity (Wildman–Crippen MR) is 39.1 cm³/mol. The van der Waals surface area contributed by atoms with Gasteiger partial charge in [0.2, 0.25) is 0 Å². The summed E-state index contributed by atoms with van der Waals surface area (Å²) in [7, 11) is 0. The minimum atomic E-state index is -0.848. The second-order valence-corrected chi connectivity index (χ2v) is 3.26. The molecule has 0 saturated carbocycles. The minimum absolute atomic E-state index is 0.848. The summed E-state index contributed by atoms with van der Waals surface area (Å²) < 4.78 is 9.10. The van der Waals surface area contributed by atoms with Crippen LogP contribution >= 0.6 is 11.2 Å². The van der Waals surface area contributed by atoms with E-state index in [1.54, 1.807) is 0 Å². The predicted octanol–water partition coefficient (Wildman–Crippen LogP) is 2.28. The highest BCUT2D eigenvalue weighted by Gasteiger charge is 2.02. The second kappa shape index (κ2) is 2.37. The van der Waals surface area contributed by atoms with E-state index < -0.39 is 11.2 Å². The molecular formula is C6H10OS. The van der Waals surface area contributed by atoms with Gasteiger partial charge in [0.1, 0.15) is 0 Å². The summed E-state index contributed by atoms with van der Waals surface area (Å²) in [4.78, 5) is 1.18. The molecule has 1 N–H and O–H groups in total. The van der Waals surface area contributed by atoms with Crippen molar-refractivity contribution in [2.75, 3.05) is 0 Å². The molecule has 0 fully saturated rings. The van der Waals surface area contributed by atoms with Gasteiger partial charge in [-0.05, 0) is 16.7 Å². The van der Waals surface area contributed by atoms with Crippen molar-refractivity contribution in [3.63, 3.8) is 0 Å². The summed E-state index contributed by atoms with van der Waals surface area (Å²) in [6.45, 7) is 2.06. The molecule has 1 aliphatic heterocycles. The van der Waals surface area contributed by atoms with E-state index in [9.17, 15) is 0 Å². The summed E-state index contributed by atoms with van der Waals surface area (Å²) >= 11 is -0.848. The van der Waals surface area contributed by atoms with Crippen LogP contribution in [0, 0.1) is 0 Å². The van der Waals surface area contributed by atoms with Gasteiger partial charge in [-0.3, -0.25) is 0 Å². The van der Waals surface area contributed by atoms with Gasteiger partial charge < -0.3 is 4.55 Å². The maximum atomic E-state index is 9.10. The van der Waals surface area contributed by atoms with Crippen LogP contribution in [-0.4, -0.2) is 4.55 Å². The van der Waals surface area contributed by atoms with E-state index in [0.29, 0.717) is 0 Å². The lowest BCUT2D eigenvalue weighted by molar-refractivity contribution is 0.659. The van der Waals surface area contributed by atoms with Crippen LogP contribution in [0.3, 0.4) is 0 Å². The number of thiol groups is 1. The molecule has 0 amide bonds. The van der Waals surface area contributed by atoms with Crippen LogP contribution in [0.25, 0.3) is 0 Å². The van der Waals surface area contributed by atoms with Gasteiger partial charge >= 0.3 is 0 Å². The average Bonchev–Trinajstić information content (AvgIpc) is 2.14. The number of rotatable bonds is 1. The van der Waals surface area contributed by atoms with Crippen LogP contribution in [0.5, 0.6) is 0 Å².